The van der Waals surface area contributed by atoms with E-state index < -0.39 is 11.7 Å². The van der Waals surface area contributed by atoms with Gasteiger partial charge in [0.1, 0.15) is 0 Å². The van der Waals surface area contributed by atoms with Gasteiger partial charge in [-0.2, -0.15) is 13.2 Å². The van der Waals surface area contributed by atoms with E-state index in [-0.39, 0.29) is 12.1 Å². The molecule has 6 heteroatoms. The third kappa shape index (κ3) is 5.26. The zero-order valence-electron chi connectivity index (χ0n) is 17.5. The first-order chi connectivity index (χ1) is 14.9. The maximum atomic E-state index is 12.8. The molecule has 3 aromatic carbocycles. The van der Waals surface area contributed by atoms with Crippen molar-refractivity contribution in [1.29, 1.82) is 0 Å². The molecule has 0 aromatic heterocycles. The van der Waals surface area contributed by atoms with Gasteiger partial charge in [-0.15, -0.1) is 0 Å². The molecule has 3 aromatic rings. The first-order valence-electron chi connectivity index (χ1n) is 10.6. The van der Waals surface area contributed by atoms with Gasteiger partial charge in [-0.25, -0.2) is 0 Å². The maximum Gasteiger partial charge on any atom is 0.416 e. The summed E-state index contributed by atoms with van der Waals surface area (Å²) in [6, 6.07) is 20.5. The van der Waals surface area contributed by atoms with Crippen LogP contribution < -0.4 is 5.32 Å². The molecule has 0 spiro atoms. The van der Waals surface area contributed by atoms with Gasteiger partial charge in [-0.1, -0.05) is 54.6 Å². The number of hydrogen-bond donors (Lipinski definition) is 1. The van der Waals surface area contributed by atoms with E-state index in [1.54, 1.807) is 12.1 Å². The van der Waals surface area contributed by atoms with Gasteiger partial charge in [0, 0.05) is 31.7 Å². The Morgan fingerprint density at radius 2 is 1.77 bits per heavy atom. The number of halogens is 3. The van der Waals surface area contributed by atoms with E-state index >= 15 is 0 Å². The third-order valence-electron chi connectivity index (χ3n) is 5.97. The number of fused-ring (bicyclic) bond motifs is 1. The molecule has 164 valence electrons. The molecule has 2 atom stereocenters. The Morgan fingerprint density at radius 3 is 2.55 bits per heavy atom. The lowest BCUT2D eigenvalue weighted by Crippen LogP contribution is -2.50. The fourth-order valence-corrected chi connectivity index (χ4v) is 4.17. The number of benzene rings is 3. The summed E-state index contributed by atoms with van der Waals surface area (Å²) in [5.74, 6) is 0. The molecule has 1 heterocycles. The van der Waals surface area contributed by atoms with Crippen molar-refractivity contribution in [3.63, 3.8) is 0 Å². The minimum atomic E-state index is -4.30. The Morgan fingerprint density at radius 1 is 1.03 bits per heavy atom. The van der Waals surface area contributed by atoms with E-state index in [0.29, 0.717) is 19.8 Å². The van der Waals surface area contributed by atoms with Crippen LogP contribution in [0, 0.1) is 0 Å². The number of nitrogens with one attached hydrogen (secondary N) is 1. The van der Waals surface area contributed by atoms with Crippen LogP contribution in [-0.2, 0) is 17.5 Å². The van der Waals surface area contributed by atoms with Crippen LogP contribution in [0.1, 0.15) is 29.7 Å². The lowest BCUT2D eigenvalue weighted by atomic mass is 9.99. The summed E-state index contributed by atoms with van der Waals surface area (Å²) in [6.45, 7) is 5.51. The van der Waals surface area contributed by atoms with Crippen LogP contribution in [-0.4, -0.2) is 37.2 Å². The minimum absolute atomic E-state index is 0.161. The third-order valence-corrected chi connectivity index (χ3v) is 5.97. The number of hydrogen-bond acceptors (Lipinski definition) is 3. The van der Waals surface area contributed by atoms with Crippen molar-refractivity contribution in [3.05, 3.63) is 83.4 Å². The van der Waals surface area contributed by atoms with Crippen LogP contribution in [0.25, 0.3) is 10.8 Å². The summed E-state index contributed by atoms with van der Waals surface area (Å²) >= 11 is 0. The van der Waals surface area contributed by atoms with Gasteiger partial charge in [0.15, 0.2) is 0 Å². The van der Waals surface area contributed by atoms with Crippen molar-refractivity contribution in [2.45, 2.75) is 31.7 Å². The number of ether oxygens (including phenoxy) is 1. The highest BCUT2D eigenvalue weighted by molar-refractivity contribution is 5.86. The molecule has 0 radical (unpaired) electrons. The topological polar surface area (TPSA) is 24.5 Å². The highest BCUT2D eigenvalue weighted by atomic mass is 19.4. The smallest absolute Gasteiger partial charge is 0.378 e. The van der Waals surface area contributed by atoms with Gasteiger partial charge < -0.3 is 10.1 Å². The molecule has 1 aliphatic heterocycles. The van der Waals surface area contributed by atoms with E-state index in [1.807, 2.05) is 6.07 Å². The molecule has 0 aliphatic carbocycles. The number of alkyl halides is 3. The number of rotatable bonds is 6. The van der Waals surface area contributed by atoms with Crippen molar-refractivity contribution < 1.29 is 17.9 Å². The van der Waals surface area contributed by atoms with Crippen molar-refractivity contribution >= 4 is 10.8 Å². The Labute approximate surface area is 180 Å². The Kier molecular flexibility index (Phi) is 6.60. The Bertz CT molecular complexity index is 998. The molecule has 1 N–H and O–H groups in total. The van der Waals surface area contributed by atoms with Gasteiger partial charge in [0.05, 0.1) is 18.8 Å². The highest BCUT2D eigenvalue weighted by Crippen LogP contribution is 2.29. The van der Waals surface area contributed by atoms with Crippen LogP contribution in [0.2, 0.25) is 0 Å². The standard InChI is InChI=1S/C25H27F3N2O/c1-18(23-8-4-6-20-5-2-3-7-24(20)23)29-15-22-17-31-14-13-30(22)16-19-9-11-21(12-10-19)25(26,27)28/h2-12,18,22,29H,13-17H2,1H3. The van der Waals surface area contributed by atoms with Crippen molar-refractivity contribution in [3.8, 4) is 0 Å². The number of morpholine rings is 1. The number of nitrogens with zero attached hydrogens (tertiary/aromatic N) is 1. The lowest BCUT2D eigenvalue weighted by molar-refractivity contribution is -0.137. The van der Waals surface area contributed by atoms with E-state index in [4.69, 9.17) is 4.74 Å². The van der Waals surface area contributed by atoms with E-state index in [9.17, 15) is 13.2 Å². The maximum absolute atomic E-state index is 12.8. The summed E-state index contributed by atoms with van der Waals surface area (Å²) < 4.78 is 44.1. The van der Waals surface area contributed by atoms with Gasteiger partial charge in [0.2, 0.25) is 0 Å². The van der Waals surface area contributed by atoms with Gasteiger partial charge in [-0.05, 0) is 41.0 Å². The molecule has 1 aliphatic rings. The van der Waals surface area contributed by atoms with Gasteiger partial charge in [-0.3, -0.25) is 4.90 Å². The summed E-state index contributed by atoms with van der Waals surface area (Å²) in [5, 5.41) is 6.10. The fraction of sp³-hybridized carbons (Fsp3) is 0.360. The second-order valence-corrected chi connectivity index (χ2v) is 8.09. The van der Waals surface area contributed by atoms with Crippen molar-refractivity contribution in [2.75, 3.05) is 26.3 Å². The SMILES string of the molecule is CC(NCC1COCCN1Cc1ccc(C(F)(F)F)cc1)c1cccc2ccccc12. The monoisotopic (exact) mass is 428 g/mol. The molecule has 31 heavy (non-hydrogen) atoms. The Balaban J connectivity index is 1.41. The molecule has 4 rings (SSSR count). The molecule has 1 saturated heterocycles. The van der Waals surface area contributed by atoms with Crippen LogP contribution in [0.15, 0.2) is 66.7 Å². The zero-order chi connectivity index (χ0) is 21.8. The van der Waals surface area contributed by atoms with Gasteiger partial charge >= 0.3 is 6.18 Å². The van der Waals surface area contributed by atoms with Crippen LogP contribution >= 0.6 is 0 Å². The lowest BCUT2D eigenvalue weighted by Gasteiger charge is -2.36. The highest BCUT2D eigenvalue weighted by Gasteiger charge is 2.30. The predicted octanol–water partition coefficient (Wildman–Crippen LogP) is 5.41. The first kappa shape index (κ1) is 21.8. The largest absolute Gasteiger partial charge is 0.416 e. The summed E-state index contributed by atoms with van der Waals surface area (Å²) in [7, 11) is 0. The quantitative estimate of drug-likeness (QED) is 0.568. The van der Waals surface area contributed by atoms with Crippen molar-refractivity contribution in [1.82, 2.24) is 10.2 Å². The molecule has 2 unspecified atom stereocenters. The van der Waals surface area contributed by atoms with E-state index in [1.165, 1.54) is 16.3 Å². The first-order valence-corrected chi connectivity index (χ1v) is 10.6. The van der Waals surface area contributed by atoms with Crippen LogP contribution in [0.3, 0.4) is 0 Å². The summed E-state index contributed by atoms with van der Waals surface area (Å²) in [5.41, 5.74) is 1.52. The second kappa shape index (κ2) is 9.39. The minimum Gasteiger partial charge on any atom is -0.378 e. The summed E-state index contributed by atoms with van der Waals surface area (Å²) in [4.78, 5) is 2.29. The predicted molar refractivity (Wildman–Crippen MR) is 117 cm³/mol. The Hall–Kier alpha value is -2.41. The van der Waals surface area contributed by atoms with Crippen LogP contribution in [0.4, 0.5) is 13.2 Å². The van der Waals surface area contributed by atoms with E-state index in [0.717, 1.165) is 30.8 Å². The molecule has 3 nitrogen and oxygen atoms in total. The molecule has 0 saturated carbocycles. The molecule has 1 fully saturated rings. The van der Waals surface area contributed by atoms with E-state index in [2.05, 4.69) is 53.5 Å². The zero-order valence-corrected chi connectivity index (χ0v) is 17.5. The van der Waals surface area contributed by atoms with Crippen LogP contribution in [0.5, 0.6) is 0 Å². The van der Waals surface area contributed by atoms with Crippen molar-refractivity contribution in [2.24, 2.45) is 0 Å². The normalized spacial score (nSPS) is 18.9. The average molecular weight is 428 g/mol. The molecule has 0 amide bonds. The summed E-state index contributed by atoms with van der Waals surface area (Å²) in [6.07, 6.45) is -4.30. The van der Waals surface area contributed by atoms with Gasteiger partial charge in [0.25, 0.3) is 0 Å². The molecular weight excluding hydrogens is 401 g/mol. The second-order valence-electron chi connectivity index (χ2n) is 8.09. The average Bonchev–Trinajstić information content (AvgIpc) is 2.77. The molecular formula is C25H27F3N2O. The molecule has 0 bridgehead atoms. The fourth-order valence-electron chi connectivity index (χ4n) is 4.17.